The van der Waals surface area contributed by atoms with Crippen LogP contribution in [0.1, 0.15) is 18.1 Å². The number of nitrogens with one attached hydrogen (secondary N) is 1. The van der Waals surface area contributed by atoms with Crippen LogP contribution in [0.4, 0.5) is 0 Å². The molecule has 0 heterocycles. The molecule has 1 N–H and O–H groups in total. The van der Waals surface area contributed by atoms with Crippen molar-refractivity contribution in [3.63, 3.8) is 0 Å². The second kappa shape index (κ2) is 9.21. The van der Waals surface area contributed by atoms with Crippen LogP contribution < -0.4 is 10.1 Å². The lowest BCUT2D eigenvalue weighted by molar-refractivity contribution is 0.193. The Morgan fingerprint density at radius 2 is 1.70 bits per heavy atom. The van der Waals surface area contributed by atoms with Gasteiger partial charge in [-0.2, -0.15) is 0 Å². The molecule has 0 bridgehead atoms. The van der Waals surface area contributed by atoms with E-state index in [1.807, 2.05) is 31.3 Å². The Hall–Kier alpha value is -0.780. The molecule has 20 heavy (non-hydrogen) atoms. The van der Waals surface area contributed by atoms with Crippen molar-refractivity contribution < 1.29 is 4.74 Å². The van der Waals surface area contributed by atoms with Gasteiger partial charge in [0.15, 0.2) is 0 Å². The first kappa shape index (κ1) is 17.3. The lowest BCUT2D eigenvalue weighted by Crippen LogP contribution is -2.16. The minimum Gasteiger partial charge on any atom is -0.485 e. The number of ether oxygens (including phenoxy) is 1. The molecule has 0 aliphatic heterocycles. The Labute approximate surface area is 140 Å². The van der Waals surface area contributed by atoms with E-state index < -0.39 is 0 Å². The molecule has 0 spiro atoms. The van der Waals surface area contributed by atoms with Gasteiger partial charge in [-0.25, -0.2) is 0 Å². The number of hydrogen-bond acceptors (Lipinski definition) is 2. The molecule has 0 radical (unpaired) electrons. The van der Waals surface area contributed by atoms with E-state index in [2.05, 4.69) is 58.2 Å². The second-order valence-electron chi connectivity index (χ2n) is 4.34. The molecule has 0 amide bonds. The quantitative estimate of drug-likeness (QED) is 0.720. The van der Waals surface area contributed by atoms with Gasteiger partial charge in [0.05, 0.1) is 3.57 Å². The number of halogens is 2. The SMILES string of the molecule is CNCCC(Oc1ccccc1I)c1ccccc1.Cl. The molecule has 2 rings (SSSR count). The van der Waals surface area contributed by atoms with Gasteiger partial charge in [-0.1, -0.05) is 42.5 Å². The van der Waals surface area contributed by atoms with Crippen LogP contribution >= 0.6 is 35.0 Å². The lowest BCUT2D eigenvalue weighted by atomic mass is 10.1. The van der Waals surface area contributed by atoms with Crippen molar-refractivity contribution in [2.75, 3.05) is 13.6 Å². The molecule has 1 atom stereocenters. The fourth-order valence-corrected chi connectivity index (χ4v) is 2.44. The van der Waals surface area contributed by atoms with Crippen molar-refractivity contribution in [1.29, 1.82) is 0 Å². The third kappa shape index (κ3) is 4.96. The van der Waals surface area contributed by atoms with Crippen LogP contribution in [-0.2, 0) is 0 Å². The summed E-state index contributed by atoms with van der Waals surface area (Å²) >= 11 is 2.31. The van der Waals surface area contributed by atoms with E-state index >= 15 is 0 Å². The highest BCUT2D eigenvalue weighted by molar-refractivity contribution is 14.1. The van der Waals surface area contributed by atoms with E-state index in [1.165, 1.54) is 5.56 Å². The zero-order valence-corrected chi connectivity index (χ0v) is 14.4. The van der Waals surface area contributed by atoms with Crippen LogP contribution in [0.15, 0.2) is 54.6 Å². The normalized spacial score (nSPS) is 11.5. The van der Waals surface area contributed by atoms with Crippen molar-refractivity contribution in [1.82, 2.24) is 5.32 Å². The smallest absolute Gasteiger partial charge is 0.133 e. The highest BCUT2D eigenvalue weighted by Crippen LogP contribution is 2.28. The van der Waals surface area contributed by atoms with E-state index in [0.717, 1.165) is 22.3 Å². The van der Waals surface area contributed by atoms with Crippen LogP contribution in [0, 0.1) is 3.57 Å². The molecule has 108 valence electrons. The van der Waals surface area contributed by atoms with Gasteiger partial charge >= 0.3 is 0 Å². The van der Waals surface area contributed by atoms with Crippen molar-refractivity contribution in [2.45, 2.75) is 12.5 Å². The van der Waals surface area contributed by atoms with Crippen molar-refractivity contribution >= 4 is 35.0 Å². The maximum absolute atomic E-state index is 6.19. The summed E-state index contributed by atoms with van der Waals surface area (Å²) in [7, 11) is 1.97. The molecule has 0 aliphatic carbocycles. The van der Waals surface area contributed by atoms with E-state index in [4.69, 9.17) is 4.74 Å². The third-order valence-corrected chi connectivity index (χ3v) is 3.82. The van der Waals surface area contributed by atoms with Crippen LogP contribution in [0.5, 0.6) is 5.75 Å². The minimum atomic E-state index is 0. The van der Waals surface area contributed by atoms with Gasteiger partial charge in [0.25, 0.3) is 0 Å². The summed E-state index contributed by atoms with van der Waals surface area (Å²) in [6.45, 7) is 0.934. The molecule has 0 fully saturated rings. The Balaban J connectivity index is 0.00000200. The van der Waals surface area contributed by atoms with Crippen LogP contribution in [-0.4, -0.2) is 13.6 Å². The molecule has 0 saturated carbocycles. The topological polar surface area (TPSA) is 21.3 Å². The fraction of sp³-hybridized carbons (Fsp3) is 0.250. The summed E-state index contributed by atoms with van der Waals surface area (Å²) in [5.74, 6) is 0.952. The van der Waals surface area contributed by atoms with Gasteiger partial charge in [-0.15, -0.1) is 12.4 Å². The Bertz CT molecular complexity index is 507. The minimum absolute atomic E-state index is 0. The van der Waals surface area contributed by atoms with Crippen molar-refractivity contribution in [3.8, 4) is 5.75 Å². The van der Waals surface area contributed by atoms with E-state index in [9.17, 15) is 0 Å². The zero-order chi connectivity index (χ0) is 13.5. The monoisotopic (exact) mass is 403 g/mol. The Kier molecular flexibility index (Phi) is 7.95. The van der Waals surface area contributed by atoms with Crippen LogP contribution in [0.3, 0.4) is 0 Å². The Morgan fingerprint density at radius 1 is 1.05 bits per heavy atom. The highest BCUT2D eigenvalue weighted by Gasteiger charge is 2.13. The summed E-state index contributed by atoms with van der Waals surface area (Å²) < 4.78 is 7.33. The average Bonchev–Trinajstić information content (AvgIpc) is 2.46. The van der Waals surface area contributed by atoms with Gasteiger partial charge in [0.2, 0.25) is 0 Å². The maximum Gasteiger partial charge on any atom is 0.133 e. The molecular formula is C16H19ClINO. The zero-order valence-electron chi connectivity index (χ0n) is 11.4. The number of rotatable bonds is 6. The van der Waals surface area contributed by atoms with Gasteiger partial charge in [-0.3, -0.25) is 0 Å². The van der Waals surface area contributed by atoms with Crippen molar-refractivity contribution in [2.24, 2.45) is 0 Å². The van der Waals surface area contributed by atoms with Crippen molar-refractivity contribution in [3.05, 3.63) is 63.7 Å². The molecule has 0 aromatic heterocycles. The number of hydrogen-bond donors (Lipinski definition) is 1. The summed E-state index contributed by atoms with van der Waals surface area (Å²) in [4.78, 5) is 0. The standard InChI is InChI=1S/C16H18INO.ClH/c1-18-12-11-15(13-7-3-2-4-8-13)19-16-10-6-5-9-14(16)17;/h2-10,15,18H,11-12H2,1H3;1H. The molecule has 2 aromatic carbocycles. The van der Waals surface area contributed by atoms with Gasteiger partial charge in [-0.05, 0) is 53.9 Å². The first-order valence-electron chi connectivity index (χ1n) is 6.42. The fourth-order valence-electron chi connectivity index (χ4n) is 1.93. The average molecular weight is 404 g/mol. The van der Waals surface area contributed by atoms with Crippen LogP contribution in [0.25, 0.3) is 0 Å². The number of para-hydroxylation sites is 1. The van der Waals surface area contributed by atoms with E-state index in [0.29, 0.717) is 0 Å². The number of benzene rings is 2. The van der Waals surface area contributed by atoms with E-state index in [1.54, 1.807) is 0 Å². The lowest BCUT2D eigenvalue weighted by Gasteiger charge is -2.20. The van der Waals surface area contributed by atoms with Gasteiger partial charge < -0.3 is 10.1 Å². The summed E-state index contributed by atoms with van der Waals surface area (Å²) in [5, 5.41) is 3.19. The first-order valence-corrected chi connectivity index (χ1v) is 7.50. The largest absolute Gasteiger partial charge is 0.485 e. The summed E-state index contributed by atoms with van der Waals surface area (Å²) in [6, 6.07) is 18.5. The molecule has 1 unspecified atom stereocenters. The molecule has 2 nitrogen and oxygen atoms in total. The van der Waals surface area contributed by atoms with Gasteiger partial charge in [0.1, 0.15) is 11.9 Å². The van der Waals surface area contributed by atoms with Crippen LogP contribution in [0.2, 0.25) is 0 Å². The summed E-state index contributed by atoms with van der Waals surface area (Å²) in [5.41, 5.74) is 1.22. The first-order chi connectivity index (χ1) is 9.31. The third-order valence-electron chi connectivity index (χ3n) is 2.93. The Morgan fingerprint density at radius 3 is 2.35 bits per heavy atom. The summed E-state index contributed by atoms with van der Waals surface area (Å²) in [6.07, 6.45) is 1.04. The molecule has 2 aromatic rings. The second-order valence-corrected chi connectivity index (χ2v) is 5.50. The predicted octanol–water partition coefficient (Wildman–Crippen LogP) is 4.44. The molecule has 0 saturated heterocycles. The molecular weight excluding hydrogens is 385 g/mol. The van der Waals surface area contributed by atoms with Gasteiger partial charge in [0, 0.05) is 6.42 Å². The highest BCUT2D eigenvalue weighted by atomic mass is 127. The molecule has 4 heteroatoms. The molecule has 0 aliphatic rings. The predicted molar refractivity (Wildman–Crippen MR) is 94.8 cm³/mol. The maximum atomic E-state index is 6.19. The van der Waals surface area contributed by atoms with E-state index in [-0.39, 0.29) is 18.5 Å².